The van der Waals surface area contributed by atoms with Crippen molar-refractivity contribution in [1.29, 1.82) is 0 Å². The highest BCUT2D eigenvalue weighted by atomic mass is 35.5. The maximum atomic E-state index is 11.8. The van der Waals surface area contributed by atoms with Gasteiger partial charge < -0.3 is 0 Å². The van der Waals surface area contributed by atoms with Gasteiger partial charge in [-0.1, -0.05) is 18.5 Å². The van der Waals surface area contributed by atoms with Gasteiger partial charge in [-0.3, -0.25) is 4.72 Å². The Morgan fingerprint density at radius 2 is 2.06 bits per heavy atom. The first-order chi connectivity index (χ1) is 7.84. The molecule has 0 saturated carbocycles. The van der Waals surface area contributed by atoms with Crippen molar-refractivity contribution in [3.8, 4) is 0 Å². The van der Waals surface area contributed by atoms with Crippen molar-refractivity contribution in [1.82, 2.24) is 0 Å². The molecule has 1 atom stereocenters. The van der Waals surface area contributed by atoms with Crippen molar-refractivity contribution in [3.05, 3.63) is 28.8 Å². The number of nitrogens with one attached hydrogen (secondary N) is 1. The normalized spacial score (nSPS) is 13.4. The van der Waals surface area contributed by atoms with Crippen LogP contribution >= 0.6 is 23.2 Å². The molecule has 0 saturated heterocycles. The van der Waals surface area contributed by atoms with Gasteiger partial charge in [0.25, 0.3) is 0 Å². The average molecular weight is 296 g/mol. The van der Waals surface area contributed by atoms with Crippen LogP contribution in [0.15, 0.2) is 18.2 Å². The molecule has 1 aromatic rings. The summed E-state index contributed by atoms with van der Waals surface area (Å²) in [7, 11) is -3.36. The lowest BCUT2D eigenvalue weighted by Gasteiger charge is -2.13. The second-order valence-electron chi connectivity index (χ2n) is 4.10. The number of hydrogen-bond donors (Lipinski definition) is 1. The zero-order valence-corrected chi connectivity index (χ0v) is 12.0. The second-order valence-corrected chi connectivity index (χ2v) is 6.61. The molecule has 0 amide bonds. The minimum Gasteiger partial charge on any atom is -0.283 e. The van der Waals surface area contributed by atoms with Gasteiger partial charge in [-0.05, 0) is 36.6 Å². The molecule has 1 N–H and O–H groups in total. The van der Waals surface area contributed by atoms with Gasteiger partial charge in [0.05, 0.1) is 11.4 Å². The maximum absolute atomic E-state index is 11.8. The van der Waals surface area contributed by atoms with E-state index < -0.39 is 10.0 Å². The second kappa shape index (κ2) is 5.94. The zero-order valence-electron chi connectivity index (χ0n) is 9.70. The first kappa shape index (κ1) is 14.6. The van der Waals surface area contributed by atoms with Gasteiger partial charge in [0, 0.05) is 10.9 Å². The summed E-state index contributed by atoms with van der Waals surface area (Å²) in [6.45, 7) is 3.59. The van der Waals surface area contributed by atoms with Gasteiger partial charge in [0.1, 0.15) is 0 Å². The van der Waals surface area contributed by atoms with Crippen LogP contribution in [0.2, 0.25) is 5.02 Å². The smallest absolute Gasteiger partial charge is 0.233 e. The molecule has 0 aromatic heterocycles. The number of rotatable bonds is 5. The molecule has 17 heavy (non-hydrogen) atoms. The van der Waals surface area contributed by atoms with Crippen LogP contribution in [0, 0.1) is 12.8 Å². The average Bonchev–Trinajstić information content (AvgIpc) is 2.21. The number of aryl methyl sites for hydroxylation is 1. The van der Waals surface area contributed by atoms with E-state index in [0.29, 0.717) is 16.6 Å². The summed E-state index contributed by atoms with van der Waals surface area (Å²) in [4.78, 5) is 0. The molecular formula is C11H15Cl2NO2S. The predicted molar refractivity (Wildman–Crippen MR) is 73.5 cm³/mol. The minimum absolute atomic E-state index is 0.0125. The van der Waals surface area contributed by atoms with Crippen molar-refractivity contribution in [3.63, 3.8) is 0 Å². The van der Waals surface area contributed by atoms with Gasteiger partial charge in [0.2, 0.25) is 10.0 Å². The van der Waals surface area contributed by atoms with E-state index in [1.807, 2.05) is 0 Å². The number of benzene rings is 1. The van der Waals surface area contributed by atoms with Crippen LogP contribution in [0.1, 0.15) is 12.5 Å². The number of anilines is 1. The van der Waals surface area contributed by atoms with Crippen molar-refractivity contribution in [2.75, 3.05) is 16.4 Å². The molecular weight excluding hydrogens is 281 g/mol. The molecule has 0 aliphatic heterocycles. The van der Waals surface area contributed by atoms with E-state index in [9.17, 15) is 8.42 Å². The molecule has 0 heterocycles. The lowest BCUT2D eigenvalue weighted by molar-refractivity contribution is 0.588. The Morgan fingerprint density at radius 3 is 2.59 bits per heavy atom. The third-order valence-electron chi connectivity index (χ3n) is 2.22. The summed E-state index contributed by atoms with van der Waals surface area (Å²) in [6.07, 6.45) is 0. The standard InChI is InChI=1S/C11H15Cl2NO2S/c1-8(6-12)7-17(15,16)14-11-4-3-10(13)5-9(11)2/h3-5,8,14H,6-7H2,1-2H3. The Bertz CT molecular complexity index is 488. The van der Waals surface area contributed by atoms with Gasteiger partial charge in [-0.2, -0.15) is 0 Å². The molecule has 0 fully saturated rings. The van der Waals surface area contributed by atoms with E-state index in [4.69, 9.17) is 23.2 Å². The highest BCUT2D eigenvalue weighted by molar-refractivity contribution is 7.92. The van der Waals surface area contributed by atoms with E-state index >= 15 is 0 Å². The topological polar surface area (TPSA) is 46.2 Å². The number of halogens is 2. The zero-order chi connectivity index (χ0) is 13.1. The van der Waals surface area contributed by atoms with Crippen LogP contribution in [0.4, 0.5) is 5.69 Å². The number of hydrogen-bond acceptors (Lipinski definition) is 2. The quantitative estimate of drug-likeness (QED) is 0.848. The van der Waals surface area contributed by atoms with Gasteiger partial charge in [-0.15, -0.1) is 11.6 Å². The van der Waals surface area contributed by atoms with Crippen LogP contribution in [-0.4, -0.2) is 20.1 Å². The summed E-state index contributed by atoms with van der Waals surface area (Å²) < 4.78 is 26.1. The molecule has 96 valence electrons. The molecule has 0 bridgehead atoms. The van der Waals surface area contributed by atoms with E-state index in [2.05, 4.69) is 4.72 Å². The molecule has 6 heteroatoms. The summed E-state index contributed by atoms with van der Waals surface area (Å²) >= 11 is 11.4. The Hall–Kier alpha value is -0.450. The van der Waals surface area contributed by atoms with E-state index in [1.54, 1.807) is 32.0 Å². The van der Waals surface area contributed by atoms with E-state index in [-0.39, 0.29) is 11.7 Å². The van der Waals surface area contributed by atoms with Crippen LogP contribution in [0.5, 0.6) is 0 Å². The highest BCUT2D eigenvalue weighted by Gasteiger charge is 2.15. The molecule has 1 rings (SSSR count). The van der Waals surface area contributed by atoms with E-state index in [0.717, 1.165) is 5.56 Å². The molecule has 0 aliphatic rings. The number of sulfonamides is 1. The Balaban J connectivity index is 2.83. The predicted octanol–water partition coefficient (Wildman–Crippen LogP) is 3.27. The SMILES string of the molecule is Cc1cc(Cl)ccc1NS(=O)(=O)CC(C)CCl. The highest BCUT2D eigenvalue weighted by Crippen LogP contribution is 2.21. The van der Waals surface area contributed by atoms with Crippen molar-refractivity contribution in [2.24, 2.45) is 5.92 Å². The van der Waals surface area contributed by atoms with Crippen LogP contribution in [0.25, 0.3) is 0 Å². The largest absolute Gasteiger partial charge is 0.283 e. The Kier molecular flexibility index (Phi) is 5.10. The molecule has 0 aliphatic carbocycles. The molecule has 1 unspecified atom stereocenters. The van der Waals surface area contributed by atoms with Crippen LogP contribution in [-0.2, 0) is 10.0 Å². The summed E-state index contributed by atoms with van der Waals surface area (Å²) in [5, 5.41) is 0.583. The van der Waals surface area contributed by atoms with Crippen molar-refractivity contribution in [2.45, 2.75) is 13.8 Å². The summed E-state index contributed by atoms with van der Waals surface area (Å²) in [5.74, 6) is 0.251. The lowest BCUT2D eigenvalue weighted by atomic mass is 10.2. The molecule has 1 aromatic carbocycles. The monoisotopic (exact) mass is 295 g/mol. The van der Waals surface area contributed by atoms with Gasteiger partial charge in [0.15, 0.2) is 0 Å². The van der Waals surface area contributed by atoms with E-state index in [1.165, 1.54) is 0 Å². The maximum Gasteiger partial charge on any atom is 0.233 e. The third-order valence-corrected chi connectivity index (χ3v) is 4.52. The Morgan fingerprint density at radius 1 is 1.41 bits per heavy atom. The Labute approximate surface area is 112 Å². The lowest BCUT2D eigenvalue weighted by Crippen LogP contribution is -2.22. The van der Waals surface area contributed by atoms with Crippen molar-refractivity contribution < 1.29 is 8.42 Å². The molecule has 0 radical (unpaired) electrons. The van der Waals surface area contributed by atoms with Crippen LogP contribution < -0.4 is 4.72 Å². The van der Waals surface area contributed by atoms with Gasteiger partial charge in [-0.25, -0.2) is 8.42 Å². The molecule has 3 nitrogen and oxygen atoms in total. The van der Waals surface area contributed by atoms with Crippen molar-refractivity contribution >= 4 is 38.9 Å². The first-order valence-corrected chi connectivity index (χ1v) is 7.73. The van der Waals surface area contributed by atoms with Gasteiger partial charge >= 0.3 is 0 Å². The molecule has 0 spiro atoms. The fourth-order valence-electron chi connectivity index (χ4n) is 1.37. The first-order valence-electron chi connectivity index (χ1n) is 5.16. The summed E-state index contributed by atoms with van der Waals surface area (Å²) in [5.41, 5.74) is 1.34. The third kappa shape index (κ3) is 4.74. The summed E-state index contributed by atoms with van der Waals surface area (Å²) in [6, 6.07) is 5.02. The fraction of sp³-hybridized carbons (Fsp3) is 0.455. The van der Waals surface area contributed by atoms with Crippen LogP contribution in [0.3, 0.4) is 0 Å². The minimum atomic E-state index is -3.36. The fourth-order valence-corrected chi connectivity index (χ4v) is 3.35. The number of alkyl halides is 1.